The van der Waals surface area contributed by atoms with Gasteiger partial charge in [0, 0.05) is 25.1 Å². The third-order valence-corrected chi connectivity index (χ3v) is 2.95. The van der Waals surface area contributed by atoms with Gasteiger partial charge in [-0.1, -0.05) is 6.07 Å². The van der Waals surface area contributed by atoms with Gasteiger partial charge in [-0.25, -0.2) is 4.98 Å². The number of anilines is 1. The normalized spacial score (nSPS) is 10.8. The van der Waals surface area contributed by atoms with Crippen molar-refractivity contribution in [2.24, 2.45) is 0 Å². The van der Waals surface area contributed by atoms with Gasteiger partial charge in [0.25, 0.3) is 0 Å². The fourth-order valence-electron chi connectivity index (χ4n) is 1.95. The zero-order valence-corrected chi connectivity index (χ0v) is 11.1. The van der Waals surface area contributed by atoms with Gasteiger partial charge in [0.05, 0.1) is 5.39 Å². The molecule has 3 aromatic heterocycles. The van der Waals surface area contributed by atoms with Crippen molar-refractivity contribution in [3.63, 3.8) is 0 Å². The molecule has 0 spiro atoms. The maximum atomic E-state index is 5.89. The smallest absolute Gasteiger partial charge is 0.226 e. The summed E-state index contributed by atoms with van der Waals surface area (Å²) in [5.74, 6) is 0.720. The van der Waals surface area contributed by atoms with E-state index in [0.717, 1.165) is 28.0 Å². The molecule has 19 heavy (non-hydrogen) atoms. The molecule has 0 radical (unpaired) electrons. The number of aromatic nitrogens is 4. The van der Waals surface area contributed by atoms with E-state index in [1.54, 1.807) is 0 Å². The topological polar surface area (TPSA) is 66.5 Å². The number of rotatable bonds is 3. The van der Waals surface area contributed by atoms with Crippen LogP contribution in [0, 0.1) is 6.92 Å². The quantitative estimate of drug-likeness (QED) is 0.720. The number of pyridine rings is 1. The van der Waals surface area contributed by atoms with Crippen molar-refractivity contribution in [1.82, 2.24) is 19.9 Å². The molecule has 0 aliphatic rings. The highest BCUT2D eigenvalue weighted by Crippen LogP contribution is 2.21. The molecule has 3 aromatic rings. The van der Waals surface area contributed by atoms with Crippen LogP contribution in [0.15, 0.2) is 30.7 Å². The van der Waals surface area contributed by atoms with Crippen LogP contribution in [0.25, 0.3) is 11.0 Å². The van der Waals surface area contributed by atoms with Gasteiger partial charge in [0.1, 0.15) is 11.5 Å². The molecule has 96 valence electrons. The van der Waals surface area contributed by atoms with E-state index in [9.17, 15) is 0 Å². The van der Waals surface area contributed by atoms with E-state index < -0.39 is 0 Å². The van der Waals surface area contributed by atoms with Crippen molar-refractivity contribution >= 4 is 28.5 Å². The minimum atomic E-state index is 0.222. The first-order valence-corrected chi connectivity index (χ1v) is 6.25. The van der Waals surface area contributed by atoms with Gasteiger partial charge in [-0.05, 0) is 35.7 Å². The molecule has 0 unspecified atom stereocenters. The zero-order valence-electron chi connectivity index (χ0n) is 10.3. The Kier molecular flexibility index (Phi) is 3.05. The minimum Gasteiger partial charge on any atom is -0.365 e. The second-order valence-electron chi connectivity index (χ2n) is 4.31. The Morgan fingerprint density at radius 2 is 2.21 bits per heavy atom. The molecule has 0 saturated carbocycles. The summed E-state index contributed by atoms with van der Waals surface area (Å²) in [6.45, 7) is 2.66. The molecule has 0 fully saturated rings. The van der Waals surface area contributed by atoms with Gasteiger partial charge in [0.15, 0.2) is 0 Å². The lowest BCUT2D eigenvalue weighted by Crippen LogP contribution is -2.03. The number of aromatic amines is 1. The van der Waals surface area contributed by atoms with Crippen molar-refractivity contribution in [2.45, 2.75) is 13.5 Å². The summed E-state index contributed by atoms with van der Waals surface area (Å²) < 4.78 is 0. The maximum absolute atomic E-state index is 5.89. The summed E-state index contributed by atoms with van der Waals surface area (Å²) in [6, 6.07) is 4.00. The molecular weight excluding hydrogens is 262 g/mol. The first-order chi connectivity index (χ1) is 9.22. The molecule has 0 aliphatic heterocycles. The second kappa shape index (κ2) is 4.85. The summed E-state index contributed by atoms with van der Waals surface area (Å²) in [5, 5.41) is 4.41. The summed E-state index contributed by atoms with van der Waals surface area (Å²) in [5.41, 5.74) is 2.95. The van der Waals surface area contributed by atoms with Gasteiger partial charge in [-0.15, -0.1) is 0 Å². The summed E-state index contributed by atoms with van der Waals surface area (Å²) in [6.07, 6.45) is 5.47. The van der Waals surface area contributed by atoms with Gasteiger partial charge < -0.3 is 10.3 Å². The van der Waals surface area contributed by atoms with E-state index in [2.05, 4.69) is 31.3 Å². The Hall–Kier alpha value is -2.14. The number of nitrogens with one attached hydrogen (secondary N) is 2. The predicted octanol–water partition coefficient (Wildman–Crippen LogP) is 2.93. The maximum Gasteiger partial charge on any atom is 0.226 e. The van der Waals surface area contributed by atoms with Crippen LogP contribution in [-0.2, 0) is 6.54 Å². The lowest BCUT2D eigenvalue weighted by Gasteiger charge is -2.07. The van der Waals surface area contributed by atoms with Crippen molar-refractivity contribution in [3.05, 3.63) is 47.1 Å². The first kappa shape index (κ1) is 11.9. The highest BCUT2D eigenvalue weighted by atomic mass is 35.5. The molecule has 0 bridgehead atoms. The highest BCUT2D eigenvalue weighted by molar-refractivity contribution is 6.28. The lowest BCUT2D eigenvalue weighted by atomic mass is 10.2. The third-order valence-electron chi connectivity index (χ3n) is 2.78. The van der Waals surface area contributed by atoms with E-state index in [4.69, 9.17) is 11.6 Å². The van der Waals surface area contributed by atoms with Gasteiger partial charge in [-0.3, -0.25) is 4.98 Å². The van der Waals surface area contributed by atoms with Crippen LogP contribution in [0.3, 0.4) is 0 Å². The van der Waals surface area contributed by atoms with Crippen LogP contribution in [0.2, 0.25) is 5.28 Å². The predicted molar refractivity (Wildman–Crippen MR) is 75.2 cm³/mol. The molecule has 0 amide bonds. The van der Waals surface area contributed by atoms with Crippen molar-refractivity contribution in [2.75, 3.05) is 5.32 Å². The van der Waals surface area contributed by atoms with Gasteiger partial charge in [0.2, 0.25) is 5.28 Å². The molecule has 3 heterocycles. The molecule has 5 nitrogen and oxygen atoms in total. The highest BCUT2D eigenvalue weighted by Gasteiger charge is 2.07. The largest absolute Gasteiger partial charge is 0.365 e. The number of fused-ring (bicyclic) bond motifs is 1. The van der Waals surface area contributed by atoms with E-state index in [0.29, 0.717) is 6.54 Å². The lowest BCUT2D eigenvalue weighted by molar-refractivity contribution is 1.07. The van der Waals surface area contributed by atoms with Crippen molar-refractivity contribution in [3.8, 4) is 0 Å². The van der Waals surface area contributed by atoms with Gasteiger partial charge >= 0.3 is 0 Å². The number of aryl methyl sites for hydroxylation is 1. The van der Waals surface area contributed by atoms with Gasteiger partial charge in [-0.2, -0.15) is 4.98 Å². The average Bonchev–Trinajstić information content (AvgIpc) is 2.84. The Balaban J connectivity index is 1.87. The number of nitrogens with zero attached hydrogens (tertiary/aromatic N) is 3. The Labute approximate surface area is 115 Å². The van der Waals surface area contributed by atoms with Crippen LogP contribution in [0.1, 0.15) is 11.1 Å². The molecule has 0 aliphatic carbocycles. The summed E-state index contributed by atoms with van der Waals surface area (Å²) in [7, 11) is 0. The average molecular weight is 274 g/mol. The Bertz CT molecular complexity index is 722. The first-order valence-electron chi connectivity index (χ1n) is 5.87. The SMILES string of the molecule is Cc1cncc(CNc2nc(Cl)nc3[nH]ccc23)c1. The standard InChI is InChI=1S/C13H12ClN5/c1-8-4-9(6-15-5-8)7-17-12-10-2-3-16-11(10)18-13(14)19-12/h2-6H,7H2,1H3,(H2,16,17,18,19). The van der Waals surface area contributed by atoms with Crippen LogP contribution in [0.4, 0.5) is 5.82 Å². The molecule has 2 N–H and O–H groups in total. The van der Waals surface area contributed by atoms with Crippen molar-refractivity contribution in [1.29, 1.82) is 0 Å². The number of halogens is 1. The summed E-state index contributed by atoms with van der Waals surface area (Å²) in [4.78, 5) is 15.5. The number of H-pyrrole nitrogens is 1. The fraction of sp³-hybridized carbons (Fsp3) is 0.154. The van der Waals surface area contributed by atoms with E-state index in [-0.39, 0.29) is 5.28 Å². The monoisotopic (exact) mass is 273 g/mol. The van der Waals surface area contributed by atoms with E-state index in [1.807, 2.05) is 31.6 Å². The molecule has 0 saturated heterocycles. The number of hydrogen-bond donors (Lipinski definition) is 2. The number of hydrogen-bond acceptors (Lipinski definition) is 4. The van der Waals surface area contributed by atoms with Crippen molar-refractivity contribution < 1.29 is 0 Å². The molecular formula is C13H12ClN5. The van der Waals surface area contributed by atoms with Crippen LogP contribution in [0.5, 0.6) is 0 Å². The third kappa shape index (κ3) is 2.51. The minimum absolute atomic E-state index is 0.222. The fourth-order valence-corrected chi connectivity index (χ4v) is 2.12. The molecule has 3 rings (SSSR count). The molecule has 6 heteroatoms. The second-order valence-corrected chi connectivity index (χ2v) is 4.64. The molecule has 0 aromatic carbocycles. The van der Waals surface area contributed by atoms with Crippen LogP contribution in [-0.4, -0.2) is 19.9 Å². The summed E-state index contributed by atoms with van der Waals surface area (Å²) >= 11 is 5.89. The van der Waals surface area contributed by atoms with Crippen LogP contribution < -0.4 is 5.32 Å². The van der Waals surface area contributed by atoms with E-state index >= 15 is 0 Å². The molecule has 0 atom stereocenters. The zero-order chi connectivity index (χ0) is 13.2. The van der Waals surface area contributed by atoms with Crippen LogP contribution >= 0.6 is 11.6 Å². The Morgan fingerprint density at radius 1 is 1.32 bits per heavy atom. The van der Waals surface area contributed by atoms with E-state index in [1.165, 1.54) is 0 Å². The Morgan fingerprint density at radius 3 is 3.05 bits per heavy atom.